The maximum Gasteiger partial charge on any atom is 0.129 e. The molecule has 0 fully saturated rings. The van der Waals surface area contributed by atoms with Gasteiger partial charge in [-0.1, -0.05) is 108 Å². The van der Waals surface area contributed by atoms with Crippen LogP contribution in [0.2, 0.25) is 0 Å². The normalized spacial score (nSPS) is 13.1. The van der Waals surface area contributed by atoms with E-state index in [0.29, 0.717) is 6.67 Å². The van der Waals surface area contributed by atoms with Gasteiger partial charge in [-0.05, 0) is 89.8 Å². The molecule has 6 aromatic rings. The number of nitrogens with zero attached hydrogens (tertiary/aromatic N) is 4. The van der Waals surface area contributed by atoms with Crippen molar-refractivity contribution in [2.75, 3.05) is 16.5 Å². The van der Waals surface area contributed by atoms with E-state index < -0.39 is 0 Å². The molecule has 254 valence electrons. The first kappa shape index (κ1) is 33.2. The fraction of sp³-hybridized carbons (Fsp3) is 0.267. The Kier molecular flexibility index (Phi) is 8.34. The second kappa shape index (κ2) is 12.5. The van der Waals surface area contributed by atoms with Crippen molar-refractivity contribution in [1.82, 2.24) is 9.78 Å². The maximum absolute atomic E-state index is 6.56. The molecule has 0 saturated heterocycles. The first-order chi connectivity index (χ1) is 23.8. The summed E-state index contributed by atoms with van der Waals surface area (Å²) in [5.74, 6) is 1.55. The molecule has 0 saturated carbocycles. The molecular weight excluding hydrogens is 613 g/mol. The minimum atomic E-state index is -0.0570. The molecule has 50 heavy (non-hydrogen) atoms. The van der Waals surface area contributed by atoms with Gasteiger partial charge in [-0.15, -0.1) is 0 Å². The second-order valence-electron chi connectivity index (χ2n) is 15.8. The number of hydrogen-bond acceptors (Lipinski definition) is 4. The average molecular weight is 661 g/mol. The Bertz CT molecular complexity index is 2160. The predicted octanol–water partition coefficient (Wildman–Crippen LogP) is 12.1. The van der Waals surface area contributed by atoms with E-state index in [4.69, 9.17) is 4.74 Å². The molecule has 5 aromatic carbocycles. The van der Waals surface area contributed by atoms with Crippen molar-refractivity contribution in [2.45, 2.75) is 73.1 Å². The van der Waals surface area contributed by atoms with Crippen molar-refractivity contribution < 1.29 is 4.74 Å². The van der Waals surface area contributed by atoms with Crippen LogP contribution in [-0.2, 0) is 10.8 Å². The highest BCUT2D eigenvalue weighted by molar-refractivity contribution is 5.91. The molecule has 0 aliphatic carbocycles. The van der Waals surface area contributed by atoms with Crippen molar-refractivity contribution in [3.63, 3.8) is 0 Å². The molecule has 5 nitrogen and oxygen atoms in total. The van der Waals surface area contributed by atoms with Gasteiger partial charge in [-0.2, -0.15) is 5.10 Å². The summed E-state index contributed by atoms with van der Waals surface area (Å²) in [6.45, 7) is 21.3. The van der Waals surface area contributed by atoms with Crippen LogP contribution in [0.1, 0.15) is 69.4 Å². The summed E-state index contributed by atoms with van der Waals surface area (Å²) in [6.07, 6.45) is 3.96. The number of ether oxygens (including phenoxy) is 1. The molecule has 0 radical (unpaired) electrons. The molecule has 1 aromatic heterocycles. The lowest BCUT2D eigenvalue weighted by Crippen LogP contribution is -2.26. The number of rotatable bonds is 6. The van der Waals surface area contributed by atoms with E-state index in [-0.39, 0.29) is 10.8 Å². The Morgan fingerprint density at radius 1 is 0.600 bits per heavy atom. The fourth-order valence-corrected chi connectivity index (χ4v) is 7.19. The number of benzene rings is 5. The van der Waals surface area contributed by atoms with Crippen molar-refractivity contribution >= 4 is 22.7 Å². The topological polar surface area (TPSA) is 33.5 Å². The van der Waals surface area contributed by atoms with Gasteiger partial charge in [0.1, 0.15) is 18.2 Å². The van der Waals surface area contributed by atoms with Gasteiger partial charge in [0, 0.05) is 35.3 Å². The fourth-order valence-electron chi connectivity index (χ4n) is 7.19. The van der Waals surface area contributed by atoms with E-state index in [1.165, 1.54) is 44.9 Å². The van der Waals surface area contributed by atoms with Crippen LogP contribution in [0.15, 0.2) is 116 Å². The van der Waals surface area contributed by atoms with E-state index in [1.807, 2.05) is 53.3 Å². The van der Waals surface area contributed by atoms with Crippen LogP contribution in [0.4, 0.5) is 22.7 Å². The molecule has 1 aliphatic rings. The summed E-state index contributed by atoms with van der Waals surface area (Å²) < 4.78 is 8.46. The van der Waals surface area contributed by atoms with Crippen molar-refractivity contribution in [3.05, 3.63) is 143 Å². The molecule has 0 bridgehead atoms. The van der Waals surface area contributed by atoms with Gasteiger partial charge < -0.3 is 14.5 Å². The van der Waals surface area contributed by atoms with E-state index >= 15 is 0 Å². The van der Waals surface area contributed by atoms with Crippen LogP contribution in [0, 0.1) is 20.8 Å². The van der Waals surface area contributed by atoms with Gasteiger partial charge in [0.2, 0.25) is 0 Å². The Morgan fingerprint density at radius 3 is 1.88 bits per heavy atom. The Labute approximate surface area is 297 Å². The number of aromatic nitrogens is 2. The maximum atomic E-state index is 6.56. The first-order valence-corrected chi connectivity index (χ1v) is 17.6. The zero-order valence-electron chi connectivity index (χ0n) is 30.9. The molecule has 0 unspecified atom stereocenters. The molecule has 5 heteroatoms. The summed E-state index contributed by atoms with van der Waals surface area (Å²) in [4.78, 5) is 4.99. The van der Waals surface area contributed by atoms with Gasteiger partial charge in [0.15, 0.2) is 0 Å². The quantitative estimate of drug-likeness (QED) is 0.178. The highest BCUT2D eigenvalue weighted by atomic mass is 16.5. The third-order valence-corrected chi connectivity index (χ3v) is 9.65. The Hall–Kier alpha value is -5.29. The van der Waals surface area contributed by atoms with Crippen LogP contribution in [-0.4, -0.2) is 16.4 Å². The van der Waals surface area contributed by atoms with E-state index in [0.717, 1.165) is 34.0 Å². The summed E-state index contributed by atoms with van der Waals surface area (Å²) in [7, 11) is 0. The highest BCUT2D eigenvalue weighted by Crippen LogP contribution is 2.52. The van der Waals surface area contributed by atoms with Gasteiger partial charge in [0.05, 0.1) is 23.3 Å². The Balaban J connectivity index is 1.27. The molecular formula is C45H48N4O. The van der Waals surface area contributed by atoms with Crippen LogP contribution in [0.3, 0.4) is 0 Å². The number of aryl methyl sites for hydroxylation is 3. The van der Waals surface area contributed by atoms with Gasteiger partial charge in [-0.25, -0.2) is 4.68 Å². The molecule has 0 N–H and O–H groups in total. The van der Waals surface area contributed by atoms with Gasteiger partial charge in [-0.3, -0.25) is 0 Å². The second-order valence-corrected chi connectivity index (χ2v) is 15.8. The standard InChI is InChI=1S/C45H48N4O/c1-30-21-31(2)42(32(3)22-30)48-29-47(41-24-35(44(4,5)6)23-40(43(41)48)45(7,8)9)36-17-13-19-38(25-36)50-39-20-14-18-37(26-39)49-28-34(27-46-49)33-15-11-10-12-16-33/h10-28H,29H2,1-9H3. The lowest BCUT2D eigenvalue weighted by molar-refractivity contribution is 0.482. The minimum absolute atomic E-state index is 0.00375. The molecule has 0 atom stereocenters. The summed E-state index contributed by atoms with van der Waals surface area (Å²) in [5, 5.41) is 4.65. The van der Waals surface area contributed by atoms with Crippen LogP contribution >= 0.6 is 0 Å². The summed E-state index contributed by atoms with van der Waals surface area (Å²) >= 11 is 0. The van der Waals surface area contributed by atoms with Crippen LogP contribution < -0.4 is 14.5 Å². The zero-order valence-corrected chi connectivity index (χ0v) is 30.9. The third kappa shape index (κ3) is 6.40. The third-order valence-electron chi connectivity index (χ3n) is 9.65. The first-order valence-electron chi connectivity index (χ1n) is 17.6. The Morgan fingerprint density at radius 2 is 1.24 bits per heavy atom. The van der Waals surface area contributed by atoms with Gasteiger partial charge >= 0.3 is 0 Å². The smallest absolute Gasteiger partial charge is 0.129 e. The largest absolute Gasteiger partial charge is 0.457 e. The lowest BCUT2D eigenvalue weighted by Gasteiger charge is -2.31. The zero-order chi connectivity index (χ0) is 35.4. The molecule has 0 spiro atoms. The van der Waals surface area contributed by atoms with Gasteiger partial charge in [0.25, 0.3) is 0 Å². The minimum Gasteiger partial charge on any atom is -0.457 e. The highest BCUT2D eigenvalue weighted by Gasteiger charge is 2.36. The molecule has 7 rings (SSSR count). The number of anilines is 4. The van der Waals surface area contributed by atoms with E-state index in [1.54, 1.807) is 0 Å². The molecule has 1 aliphatic heterocycles. The van der Waals surface area contributed by atoms with Crippen molar-refractivity contribution in [1.29, 1.82) is 0 Å². The van der Waals surface area contributed by atoms with Crippen molar-refractivity contribution in [2.24, 2.45) is 0 Å². The average Bonchev–Trinajstić information content (AvgIpc) is 3.70. The summed E-state index contributed by atoms with van der Waals surface area (Å²) in [5.41, 5.74) is 14.6. The van der Waals surface area contributed by atoms with E-state index in [9.17, 15) is 0 Å². The number of hydrogen-bond donors (Lipinski definition) is 0. The monoisotopic (exact) mass is 660 g/mol. The van der Waals surface area contributed by atoms with Crippen LogP contribution in [0.5, 0.6) is 11.5 Å². The molecule has 0 amide bonds. The SMILES string of the molecule is Cc1cc(C)c(N2CN(c3cccc(Oc4cccc(-n5cc(-c6ccccc6)cn5)c4)c3)c3cc(C(C)(C)C)cc(C(C)(C)C)c32)c(C)c1. The van der Waals surface area contributed by atoms with Crippen molar-refractivity contribution in [3.8, 4) is 28.3 Å². The summed E-state index contributed by atoms with van der Waals surface area (Å²) in [6, 6.07) is 36.4. The number of fused-ring (bicyclic) bond motifs is 1. The van der Waals surface area contributed by atoms with E-state index in [2.05, 4.69) is 144 Å². The van der Waals surface area contributed by atoms with Crippen LogP contribution in [0.25, 0.3) is 16.8 Å². The lowest BCUT2D eigenvalue weighted by atomic mass is 9.79. The predicted molar refractivity (Wildman–Crippen MR) is 209 cm³/mol. The molecule has 2 heterocycles.